The number of hydrogen-bond donors (Lipinski definition) is 1. The van der Waals surface area contributed by atoms with Gasteiger partial charge in [0.25, 0.3) is 0 Å². The van der Waals surface area contributed by atoms with Gasteiger partial charge in [-0.3, -0.25) is 0 Å². The summed E-state index contributed by atoms with van der Waals surface area (Å²) in [7, 11) is 0. The fraction of sp³-hybridized carbons (Fsp3) is 0.143. The van der Waals surface area contributed by atoms with Crippen molar-refractivity contribution in [2.75, 3.05) is 12.4 Å². The van der Waals surface area contributed by atoms with Crippen LogP contribution in [-0.2, 0) is 0 Å². The van der Waals surface area contributed by atoms with Gasteiger partial charge in [-0.15, -0.1) is 11.8 Å². The van der Waals surface area contributed by atoms with Crippen LogP contribution in [0, 0.1) is 0 Å². The quantitative estimate of drug-likeness (QED) is 0.633. The molecule has 0 atom stereocenters. The molecule has 0 saturated heterocycles. The number of aromatic nitrogens is 1. The molecule has 4 nitrogen and oxygen atoms in total. The van der Waals surface area contributed by atoms with E-state index in [1.54, 1.807) is 30.1 Å². The van der Waals surface area contributed by atoms with Gasteiger partial charge in [-0.2, -0.15) is 0 Å². The number of pyridine rings is 1. The van der Waals surface area contributed by atoms with Crippen molar-refractivity contribution in [3.05, 3.63) is 52.6 Å². The first kappa shape index (κ1) is 14.9. The molecule has 0 aliphatic heterocycles. The number of aromatic carboxylic acids is 1. The summed E-state index contributed by atoms with van der Waals surface area (Å²) in [6, 6.07) is 10.3. The summed E-state index contributed by atoms with van der Waals surface area (Å²) >= 11 is 4.92. The van der Waals surface area contributed by atoms with E-state index in [1.807, 2.05) is 12.1 Å². The standard InChI is InChI=1S/C14H12BrNO3S/c15-11-4-5-13(16-9-11)20-7-6-19-12-3-1-2-10(8-12)14(17)18/h1-5,8-9H,6-7H2,(H,17,18). The molecule has 0 bridgehead atoms. The highest BCUT2D eigenvalue weighted by molar-refractivity contribution is 9.10. The van der Waals surface area contributed by atoms with Gasteiger partial charge in [0.05, 0.1) is 17.2 Å². The van der Waals surface area contributed by atoms with E-state index in [1.165, 1.54) is 12.1 Å². The molecule has 1 heterocycles. The Bertz CT molecular complexity index is 589. The highest BCUT2D eigenvalue weighted by Gasteiger charge is 2.03. The predicted molar refractivity (Wildman–Crippen MR) is 81.6 cm³/mol. The fourth-order valence-corrected chi connectivity index (χ4v) is 2.37. The lowest BCUT2D eigenvalue weighted by Gasteiger charge is -2.06. The van der Waals surface area contributed by atoms with Gasteiger partial charge >= 0.3 is 5.97 Å². The number of hydrogen-bond acceptors (Lipinski definition) is 4. The molecule has 20 heavy (non-hydrogen) atoms. The van der Waals surface area contributed by atoms with Gasteiger partial charge in [-0.05, 0) is 46.3 Å². The average Bonchev–Trinajstić information content (AvgIpc) is 2.46. The van der Waals surface area contributed by atoms with Gasteiger partial charge in [0.1, 0.15) is 5.75 Å². The smallest absolute Gasteiger partial charge is 0.335 e. The minimum absolute atomic E-state index is 0.227. The number of ether oxygens (including phenoxy) is 1. The molecule has 0 aliphatic rings. The molecule has 0 fully saturated rings. The SMILES string of the molecule is O=C(O)c1cccc(OCCSc2ccc(Br)cn2)c1. The van der Waals surface area contributed by atoms with Crippen LogP contribution in [0.1, 0.15) is 10.4 Å². The normalized spacial score (nSPS) is 10.2. The number of rotatable bonds is 6. The second-order valence-corrected chi connectivity index (χ2v) is 5.88. The van der Waals surface area contributed by atoms with Crippen LogP contribution in [0.25, 0.3) is 0 Å². The van der Waals surface area contributed by atoms with E-state index in [4.69, 9.17) is 9.84 Å². The van der Waals surface area contributed by atoms with Gasteiger partial charge in [0.15, 0.2) is 0 Å². The number of benzene rings is 1. The van der Waals surface area contributed by atoms with Crippen molar-refractivity contribution in [1.29, 1.82) is 0 Å². The third-order valence-corrected chi connectivity index (χ3v) is 3.76. The third kappa shape index (κ3) is 4.54. The molecule has 0 unspecified atom stereocenters. The van der Waals surface area contributed by atoms with Gasteiger partial charge in [-0.25, -0.2) is 9.78 Å². The largest absolute Gasteiger partial charge is 0.493 e. The summed E-state index contributed by atoms with van der Waals surface area (Å²) in [4.78, 5) is 15.1. The zero-order chi connectivity index (χ0) is 14.4. The molecule has 6 heteroatoms. The Labute approximate surface area is 129 Å². The lowest BCUT2D eigenvalue weighted by Crippen LogP contribution is -2.02. The molecule has 1 aromatic carbocycles. The number of thioether (sulfide) groups is 1. The Morgan fingerprint density at radius 2 is 2.20 bits per heavy atom. The topological polar surface area (TPSA) is 59.4 Å². The first-order chi connectivity index (χ1) is 9.65. The molecule has 0 amide bonds. The maximum absolute atomic E-state index is 10.8. The van der Waals surface area contributed by atoms with E-state index in [9.17, 15) is 4.79 Å². The molecule has 104 valence electrons. The van der Waals surface area contributed by atoms with Crippen molar-refractivity contribution < 1.29 is 14.6 Å². The Kier molecular flexibility index (Phi) is 5.43. The van der Waals surface area contributed by atoms with Crippen LogP contribution in [0.2, 0.25) is 0 Å². The minimum Gasteiger partial charge on any atom is -0.493 e. The van der Waals surface area contributed by atoms with Gasteiger partial charge in [0, 0.05) is 16.4 Å². The van der Waals surface area contributed by atoms with E-state index in [0.29, 0.717) is 12.4 Å². The molecular formula is C14H12BrNO3S. The summed E-state index contributed by atoms with van der Waals surface area (Å²) in [6.45, 7) is 0.492. The summed E-state index contributed by atoms with van der Waals surface area (Å²) in [5, 5.41) is 9.81. The monoisotopic (exact) mass is 353 g/mol. The maximum atomic E-state index is 10.8. The first-order valence-corrected chi connectivity index (χ1v) is 7.63. The molecule has 0 aliphatic carbocycles. The molecule has 1 N–H and O–H groups in total. The predicted octanol–water partition coefficient (Wildman–Crippen LogP) is 3.71. The molecule has 2 aromatic rings. The Balaban J connectivity index is 1.79. The highest BCUT2D eigenvalue weighted by Crippen LogP contribution is 2.18. The van der Waals surface area contributed by atoms with E-state index < -0.39 is 5.97 Å². The van der Waals surface area contributed by atoms with E-state index in [-0.39, 0.29) is 5.56 Å². The second kappa shape index (κ2) is 7.31. The maximum Gasteiger partial charge on any atom is 0.335 e. The number of carboxylic acid groups (broad SMARTS) is 1. The molecule has 0 radical (unpaired) electrons. The Morgan fingerprint density at radius 3 is 2.90 bits per heavy atom. The zero-order valence-electron chi connectivity index (χ0n) is 10.5. The van der Waals surface area contributed by atoms with Crippen LogP contribution in [-0.4, -0.2) is 28.4 Å². The van der Waals surface area contributed by atoms with Crippen LogP contribution in [0.15, 0.2) is 52.1 Å². The number of nitrogens with zero attached hydrogens (tertiary/aromatic N) is 1. The summed E-state index contributed by atoms with van der Waals surface area (Å²) in [6.07, 6.45) is 1.75. The van der Waals surface area contributed by atoms with Crippen molar-refractivity contribution in [2.24, 2.45) is 0 Å². The van der Waals surface area contributed by atoms with E-state index in [2.05, 4.69) is 20.9 Å². The van der Waals surface area contributed by atoms with E-state index >= 15 is 0 Å². The van der Waals surface area contributed by atoms with Crippen LogP contribution in [0.5, 0.6) is 5.75 Å². The average molecular weight is 354 g/mol. The van der Waals surface area contributed by atoms with Crippen molar-refractivity contribution in [3.8, 4) is 5.75 Å². The fourth-order valence-electron chi connectivity index (χ4n) is 1.47. The number of carboxylic acids is 1. The van der Waals surface area contributed by atoms with Crippen LogP contribution in [0.4, 0.5) is 0 Å². The lowest BCUT2D eigenvalue weighted by atomic mass is 10.2. The zero-order valence-corrected chi connectivity index (χ0v) is 12.9. The summed E-state index contributed by atoms with van der Waals surface area (Å²) in [5.74, 6) is 0.351. The number of carbonyl (C=O) groups is 1. The molecule has 0 saturated carbocycles. The van der Waals surface area contributed by atoms with Crippen LogP contribution < -0.4 is 4.74 Å². The van der Waals surface area contributed by atoms with Crippen LogP contribution >= 0.6 is 27.7 Å². The van der Waals surface area contributed by atoms with Crippen molar-refractivity contribution in [2.45, 2.75) is 5.03 Å². The first-order valence-electron chi connectivity index (χ1n) is 5.85. The van der Waals surface area contributed by atoms with Crippen molar-refractivity contribution in [3.63, 3.8) is 0 Å². The van der Waals surface area contributed by atoms with E-state index in [0.717, 1.165) is 15.3 Å². The van der Waals surface area contributed by atoms with Crippen molar-refractivity contribution in [1.82, 2.24) is 4.98 Å². The lowest BCUT2D eigenvalue weighted by molar-refractivity contribution is 0.0696. The Morgan fingerprint density at radius 1 is 1.35 bits per heavy atom. The molecule has 0 spiro atoms. The number of halogens is 1. The van der Waals surface area contributed by atoms with Gasteiger partial charge in [-0.1, -0.05) is 6.07 Å². The van der Waals surface area contributed by atoms with Gasteiger partial charge < -0.3 is 9.84 Å². The highest BCUT2D eigenvalue weighted by atomic mass is 79.9. The van der Waals surface area contributed by atoms with Gasteiger partial charge in [0.2, 0.25) is 0 Å². The summed E-state index contributed by atoms with van der Waals surface area (Å²) in [5.41, 5.74) is 0.227. The second-order valence-electron chi connectivity index (χ2n) is 3.84. The van der Waals surface area contributed by atoms with Crippen molar-refractivity contribution >= 4 is 33.7 Å². The summed E-state index contributed by atoms with van der Waals surface area (Å²) < 4.78 is 6.47. The third-order valence-electron chi connectivity index (χ3n) is 2.38. The molecule has 2 rings (SSSR count). The Hall–Kier alpha value is -1.53. The van der Waals surface area contributed by atoms with Crippen LogP contribution in [0.3, 0.4) is 0 Å². The minimum atomic E-state index is -0.955. The molecule has 1 aromatic heterocycles. The molecular weight excluding hydrogens is 342 g/mol.